The fourth-order valence-corrected chi connectivity index (χ4v) is 3.84. The highest BCUT2D eigenvalue weighted by Gasteiger charge is 2.47. The second-order valence-corrected chi connectivity index (χ2v) is 6.78. The maximum atomic E-state index is 12.5. The third-order valence-corrected chi connectivity index (χ3v) is 5.23. The molecule has 114 valence electrons. The van der Waals surface area contributed by atoms with Gasteiger partial charge in [0.15, 0.2) is 0 Å². The first-order valence-corrected chi connectivity index (χ1v) is 8.13. The van der Waals surface area contributed by atoms with Crippen molar-refractivity contribution >= 4 is 23.3 Å². The van der Waals surface area contributed by atoms with Crippen LogP contribution in [0.15, 0.2) is 24.3 Å². The topological polar surface area (TPSA) is 38.3 Å². The highest BCUT2D eigenvalue weighted by molar-refractivity contribution is 6.33. The standard InChI is InChI=1S/C17H22ClNO2/c1-21-16(20)17(19-15-7-3-2-6-14(15)18)10-4-5-13(11-17)12-8-9-12/h2-3,6-7,12-13,19H,4-5,8-11H2,1H3. The molecule has 2 aliphatic carbocycles. The number of hydrogen-bond acceptors (Lipinski definition) is 3. The molecule has 4 heteroatoms. The third-order valence-electron chi connectivity index (χ3n) is 4.90. The van der Waals surface area contributed by atoms with Gasteiger partial charge in [-0.05, 0) is 56.1 Å². The number of esters is 1. The van der Waals surface area contributed by atoms with E-state index >= 15 is 0 Å². The van der Waals surface area contributed by atoms with Gasteiger partial charge < -0.3 is 10.1 Å². The fraction of sp³-hybridized carbons (Fsp3) is 0.588. The van der Waals surface area contributed by atoms with Crippen molar-refractivity contribution in [2.45, 2.75) is 44.1 Å². The van der Waals surface area contributed by atoms with Crippen molar-refractivity contribution in [1.29, 1.82) is 0 Å². The van der Waals surface area contributed by atoms with Crippen molar-refractivity contribution in [1.82, 2.24) is 0 Å². The van der Waals surface area contributed by atoms with Crippen molar-refractivity contribution < 1.29 is 9.53 Å². The monoisotopic (exact) mass is 307 g/mol. The Hall–Kier alpha value is -1.22. The normalized spacial score (nSPS) is 29.0. The molecule has 0 bridgehead atoms. The second-order valence-electron chi connectivity index (χ2n) is 6.37. The van der Waals surface area contributed by atoms with Crippen LogP contribution >= 0.6 is 11.6 Å². The number of methoxy groups -OCH3 is 1. The summed E-state index contributed by atoms with van der Waals surface area (Å²) in [4.78, 5) is 12.5. The largest absolute Gasteiger partial charge is 0.467 e. The van der Waals surface area contributed by atoms with E-state index in [9.17, 15) is 4.79 Å². The summed E-state index contributed by atoms with van der Waals surface area (Å²) in [6.45, 7) is 0. The molecule has 0 amide bonds. The number of anilines is 1. The number of halogens is 1. The first kappa shape index (κ1) is 14.7. The quantitative estimate of drug-likeness (QED) is 0.844. The van der Waals surface area contributed by atoms with Crippen LogP contribution in [0.5, 0.6) is 0 Å². The molecule has 0 spiro atoms. The maximum absolute atomic E-state index is 12.5. The van der Waals surface area contributed by atoms with Crippen LogP contribution in [0, 0.1) is 11.8 Å². The lowest BCUT2D eigenvalue weighted by atomic mass is 9.73. The minimum atomic E-state index is -0.620. The van der Waals surface area contributed by atoms with Crippen molar-refractivity contribution in [3.63, 3.8) is 0 Å². The average molecular weight is 308 g/mol. The molecule has 0 saturated heterocycles. The van der Waals surface area contributed by atoms with Crippen LogP contribution in [0.4, 0.5) is 5.69 Å². The summed E-state index contributed by atoms with van der Waals surface area (Å²) in [7, 11) is 1.47. The minimum absolute atomic E-state index is 0.159. The van der Waals surface area contributed by atoms with Crippen LogP contribution < -0.4 is 5.32 Å². The van der Waals surface area contributed by atoms with Crippen molar-refractivity contribution in [2.24, 2.45) is 11.8 Å². The molecule has 0 heterocycles. The predicted molar refractivity (Wildman–Crippen MR) is 84.5 cm³/mol. The number of carbonyl (C=O) groups excluding carboxylic acids is 1. The number of carbonyl (C=O) groups is 1. The summed E-state index contributed by atoms with van der Waals surface area (Å²) in [6.07, 6.45) is 6.59. The summed E-state index contributed by atoms with van der Waals surface area (Å²) in [6, 6.07) is 7.59. The molecule has 1 N–H and O–H groups in total. The Morgan fingerprint density at radius 1 is 1.29 bits per heavy atom. The van der Waals surface area contributed by atoms with E-state index in [2.05, 4.69) is 5.32 Å². The van der Waals surface area contributed by atoms with Crippen LogP contribution in [0.25, 0.3) is 0 Å². The molecule has 2 atom stereocenters. The third kappa shape index (κ3) is 3.03. The molecule has 3 rings (SSSR count). The van der Waals surface area contributed by atoms with Gasteiger partial charge in [0.1, 0.15) is 5.54 Å². The van der Waals surface area contributed by atoms with Crippen LogP contribution in [0.2, 0.25) is 5.02 Å². The molecule has 2 unspecified atom stereocenters. The maximum Gasteiger partial charge on any atom is 0.331 e. The van der Waals surface area contributed by atoms with Gasteiger partial charge >= 0.3 is 5.97 Å². The first-order valence-electron chi connectivity index (χ1n) is 7.76. The summed E-state index contributed by atoms with van der Waals surface area (Å²) in [5, 5.41) is 4.07. The summed E-state index contributed by atoms with van der Waals surface area (Å²) in [5.74, 6) is 1.28. The van der Waals surface area contributed by atoms with Gasteiger partial charge in [-0.15, -0.1) is 0 Å². The van der Waals surface area contributed by atoms with Crippen LogP contribution in [0.3, 0.4) is 0 Å². The van der Waals surface area contributed by atoms with E-state index in [0.717, 1.165) is 30.9 Å². The number of para-hydroxylation sites is 1. The summed E-state index contributed by atoms with van der Waals surface area (Å²) < 4.78 is 5.11. The molecule has 2 saturated carbocycles. The van der Waals surface area contributed by atoms with E-state index in [4.69, 9.17) is 16.3 Å². The van der Waals surface area contributed by atoms with E-state index in [1.54, 1.807) is 0 Å². The molecule has 2 fully saturated rings. The van der Waals surface area contributed by atoms with E-state index in [0.29, 0.717) is 10.9 Å². The Morgan fingerprint density at radius 3 is 2.71 bits per heavy atom. The minimum Gasteiger partial charge on any atom is -0.467 e. The van der Waals surface area contributed by atoms with Gasteiger partial charge in [-0.3, -0.25) is 0 Å². The highest BCUT2D eigenvalue weighted by atomic mass is 35.5. The molecule has 21 heavy (non-hydrogen) atoms. The average Bonchev–Trinajstić information content (AvgIpc) is 3.34. The molecule has 0 aliphatic heterocycles. The number of hydrogen-bond donors (Lipinski definition) is 1. The van der Waals surface area contributed by atoms with Gasteiger partial charge in [0.25, 0.3) is 0 Å². The van der Waals surface area contributed by atoms with Gasteiger partial charge in [0.2, 0.25) is 0 Å². The predicted octanol–water partition coefficient (Wildman–Crippen LogP) is 4.26. The summed E-state index contributed by atoms with van der Waals surface area (Å²) in [5.41, 5.74) is 0.201. The van der Waals surface area contributed by atoms with E-state index in [-0.39, 0.29) is 5.97 Å². The molecule has 0 aromatic heterocycles. The zero-order chi connectivity index (χ0) is 14.9. The zero-order valence-electron chi connectivity index (χ0n) is 12.4. The highest BCUT2D eigenvalue weighted by Crippen LogP contribution is 2.48. The van der Waals surface area contributed by atoms with Gasteiger partial charge in [-0.25, -0.2) is 4.79 Å². The fourth-order valence-electron chi connectivity index (χ4n) is 3.65. The van der Waals surface area contributed by atoms with Crippen molar-refractivity contribution in [3.8, 4) is 0 Å². The van der Waals surface area contributed by atoms with E-state index < -0.39 is 5.54 Å². The number of benzene rings is 1. The zero-order valence-corrected chi connectivity index (χ0v) is 13.2. The Morgan fingerprint density at radius 2 is 2.05 bits per heavy atom. The lowest BCUT2D eigenvalue weighted by Crippen LogP contribution is -2.51. The Bertz CT molecular complexity index is 529. The van der Waals surface area contributed by atoms with E-state index in [1.807, 2.05) is 24.3 Å². The van der Waals surface area contributed by atoms with E-state index in [1.165, 1.54) is 26.4 Å². The first-order chi connectivity index (χ1) is 10.1. The van der Waals surface area contributed by atoms with Crippen LogP contribution in [0.1, 0.15) is 38.5 Å². The van der Waals surface area contributed by atoms with Crippen molar-refractivity contribution in [3.05, 3.63) is 29.3 Å². The summed E-state index contributed by atoms with van der Waals surface area (Å²) >= 11 is 6.25. The Labute approximate surface area is 131 Å². The number of rotatable bonds is 4. The lowest BCUT2D eigenvalue weighted by molar-refractivity contribution is -0.148. The van der Waals surface area contributed by atoms with Gasteiger partial charge in [0.05, 0.1) is 17.8 Å². The SMILES string of the molecule is COC(=O)C1(Nc2ccccc2Cl)CCCC(C2CC2)C1. The molecular weight excluding hydrogens is 286 g/mol. The Kier molecular flexibility index (Phi) is 4.12. The van der Waals surface area contributed by atoms with Crippen LogP contribution in [-0.4, -0.2) is 18.6 Å². The molecule has 1 aromatic rings. The number of nitrogens with one attached hydrogen (secondary N) is 1. The molecule has 0 radical (unpaired) electrons. The van der Waals surface area contributed by atoms with Gasteiger partial charge in [-0.1, -0.05) is 30.2 Å². The van der Waals surface area contributed by atoms with Crippen molar-refractivity contribution in [2.75, 3.05) is 12.4 Å². The van der Waals surface area contributed by atoms with Crippen LogP contribution in [-0.2, 0) is 9.53 Å². The molecule has 1 aromatic carbocycles. The van der Waals surface area contributed by atoms with Gasteiger partial charge in [0, 0.05) is 0 Å². The second kappa shape index (κ2) is 5.88. The molecule has 2 aliphatic rings. The number of ether oxygens (including phenoxy) is 1. The molecular formula is C17H22ClNO2. The van der Waals surface area contributed by atoms with Gasteiger partial charge in [-0.2, -0.15) is 0 Å². The smallest absolute Gasteiger partial charge is 0.331 e. The lowest BCUT2D eigenvalue weighted by Gasteiger charge is -2.40. The molecule has 3 nitrogen and oxygen atoms in total. The Balaban J connectivity index is 1.86.